The van der Waals surface area contributed by atoms with Crippen molar-refractivity contribution in [2.45, 2.75) is 0 Å². The molecule has 4 aromatic rings. The van der Waals surface area contributed by atoms with E-state index in [1.54, 1.807) is 0 Å². The summed E-state index contributed by atoms with van der Waals surface area (Å²) >= 11 is 0. The molecule has 1 aliphatic rings. The number of carbonyl (C=O) groups excluding carboxylic acids is 1. The maximum atomic E-state index is 12.7. The second kappa shape index (κ2) is 8.98. The summed E-state index contributed by atoms with van der Waals surface area (Å²) in [7, 11) is 0. The number of benzene rings is 3. The quantitative estimate of drug-likeness (QED) is 0.480. The zero-order valence-electron chi connectivity index (χ0n) is 17.7. The number of para-hydroxylation sites is 1. The second-order valence-electron chi connectivity index (χ2n) is 7.85. The van der Waals surface area contributed by atoms with Gasteiger partial charge in [-0.3, -0.25) is 10.4 Å². The molecule has 160 valence electrons. The van der Waals surface area contributed by atoms with Crippen LogP contribution in [0.4, 0.5) is 16.3 Å². The van der Waals surface area contributed by atoms with Crippen molar-refractivity contribution >= 4 is 17.5 Å². The first-order chi connectivity index (χ1) is 15.8. The molecule has 6 heteroatoms. The molecule has 6 nitrogen and oxygen atoms in total. The van der Waals surface area contributed by atoms with Crippen molar-refractivity contribution in [3.63, 3.8) is 0 Å². The van der Waals surface area contributed by atoms with Crippen molar-refractivity contribution in [2.24, 2.45) is 0 Å². The topological polar surface area (TPSA) is 64.3 Å². The van der Waals surface area contributed by atoms with Crippen LogP contribution < -0.4 is 10.2 Å². The van der Waals surface area contributed by atoms with Gasteiger partial charge in [0, 0.05) is 37.9 Å². The summed E-state index contributed by atoms with van der Waals surface area (Å²) in [5, 5.41) is 10.2. The van der Waals surface area contributed by atoms with E-state index in [0.717, 1.165) is 29.9 Å². The molecular formula is C26H25N5O. The molecule has 2 amide bonds. The number of aromatic amines is 1. The maximum Gasteiger partial charge on any atom is 0.323 e. The van der Waals surface area contributed by atoms with Crippen molar-refractivity contribution in [2.75, 3.05) is 36.4 Å². The molecule has 0 bridgehead atoms. The van der Waals surface area contributed by atoms with Gasteiger partial charge in [-0.15, -0.1) is 0 Å². The molecule has 3 aromatic carbocycles. The lowest BCUT2D eigenvalue weighted by atomic mass is 10.0. The summed E-state index contributed by atoms with van der Waals surface area (Å²) in [6.45, 7) is 2.99. The Labute approximate surface area is 187 Å². The third-order valence-electron chi connectivity index (χ3n) is 5.80. The Bertz CT molecular complexity index is 1160. The highest BCUT2D eigenvalue weighted by Crippen LogP contribution is 2.25. The minimum atomic E-state index is -0.116. The smallest absolute Gasteiger partial charge is 0.323 e. The van der Waals surface area contributed by atoms with E-state index in [-0.39, 0.29) is 6.03 Å². The van der Waals surface area contributed by atoms with Crippen LogP contribution in [0.2, 0.25) is 0 Å². The summed E-state index contributed by atoms with van der Waals surface area (Å²) in [4.78, 5) is 16.8. The van der Waals surface area contributed by atoms with E-state index in [1.165, 1.54) is 11.3 Å². The van der Waals surface area contributed by atoms with E-state index in [9.17, 15) is 4.79 Å². The first-order valence-electron chi connectivity index (χ1n) is 10.8. The van der Waals surface area contributed by atoms with Crippen molar-refractivity contribution in [1.82, 2.24) is 15.1 Å². The molecule has 0 spiro atoms. The highest BCUT2D eigenvalue weighted by atomic mass is 16.2. The number of hydrogen-bond donors (Lipinski definition) is 2. The number of aromatic nitrogens is 2. The van der Waals surface area contributed by atoms with E-state index < -0.39 is 0 Å². The van der Waals surface area contributed by atoms with E-state index in [4.69, 9.17) is 0 Å². The molecule has 1 fully saturated rings. The zero-order valence-corrected chi connectivity index (χ0v) is 17.7. The third-order valence-corrected chi connectivity index (χ3v) is 5.80. The number of hydrogen-bond acceptors (Lipinski definition) is 3. The molecular weight excluding hydrogens is 398 g/mol. The van der Waals surface area contributed by atoms with Crippen LogP contribution >= 0.6 is 0 Å². The lowest BCUT2D eigenvalue weighted by Crippen LogP contribution is -2.50. The monoisotopic (exact) mass is 423 g/mol. The average Bonchev–Trinajstić information content (AvgIpc) is 3.34. The van der Waals surface area contributed by atoms with Crippen LogP contribution in [-0.4, -0.2) is 47.3 Å². The molecule has 0 radical (unpaired) electrons. The number of piperazine rings is 1. The molecule has 1 aromatic heterocycles. The highest BCUT2D eigenvalue weighted by molar-refractivity contribution is 5.89. The van der Waals surface area contributed by atoms with E-state index in [1.807, 2.05) is 47.4 Å². The van der Waals surface area contributed by atoms with Gasteiger partial charge in [0.05, 0.1) is 5.69 Å². The summed E-state index contributed by atoms with van der Waals surface area (Å²) in [5.41, 5.74) is 5.44. The number of H-pyrrole nitrogens is 1. The van der Waals surface area contributed by atoms with Crippen LogP contribution in [0.15, 0.2) is 91.0 Å². The normalized spacial score (nSPS) is 13.8. The van der Waals surface area contributed by atoms with E-state index >= 15 is 0 Å². The summed E-state index contributed by atoms with van der Waals surface area (Å²) < 4.78 is 0. The van der Waals surface area contributed by atoms with Crippen molar-refractivity contribution in [3.8, 4) is 22.4 Å². The molecule has 0 saturated carbocycles. The van der Waals surface area contributed by atoms with Gasteiger partial charge >= 0.3 is 6.03 Å². The Morgan fingerprint density at radius 3 is 2.03 bits per heavy atom. The van der Waals surface area contributed by atoms with Crippen molar-refractivity contribution in [3.05, 3.63) is 91.0 Å². The molecule has 2 heterocycles. The molecule has 1 saturated heterocycles. The van der Waals surface area contributed by atoms with Crippen LogP contribution in [0.1, 0.15) is 0 Å². The van der Waals surface area contributed by atoms with Crippen LogP contribution in [0.3, 0.4) is 0 Å². The Morgan fingerprint density at radius 2 is 1.34 bits per heavy atom. The number of nitrogens with one attached hydrogen (secondary N) is 2. The van der Waals surface area contributed by atoms with Crippen molar-refractivity contribution in [1.29, 1.82) is 0 Å². The number of nitrogens with zero attached hydrogens (tertiary/aromatic N) is 3. The fraction of sp³-hybridized carbons (Fsp3) is 0.154. The zero-order chi connectivity index (χ0) is 21.8. The van der Waals surface area contributed by atoms with Crippen LogP contribution in [0.5, 0.6) is 0 Å². The van der Waals surface area contributed by atoms with Crippen LogP contribution in [-0.2, 0) is 0 Å². The van der Waals surface area contributed by atoms with Gasteiger partial charge in [0.1, 0.15) is 0 Å². The average molecular weight is 424 g/mol. The largest absolute Gasteiger partial charge is 0.368 e. The lowest BCUT2D eigenvalue weighted by molar-refractivity contribution is 0.208. The number of amides is 2. The lowest BCUT2D eigenvalue weighted by Gasteiger charge is -2.35. The molecule has 0 atom stereocenters. The fourth-order valence-electron chi connectivity index (χ4n) is 4.00. The Morgan fingerprint density at radius 1 is 0.750 bits per heavy atom. The summed E-state index contributed by atoms with van der Waals surface area (Å²) in [6.07, 6.45) is 0. The van der Waals surface area contributed by atoms with E-state index in [0.29, 0.717) is 18.9 Å². The number of rotatable bonds is 4. The SMILES string of the molecule is O=C(Nc1cc(-c2ccc(-c3ccccc3)cc2)[nH]n1)N1CCN(c2ccccc2)CC1. The minimum Gasteiger partial charge on any atom is -0.368 e. The van der Waals surface area contributed by atoms with Gasteiger partial charge in [-0.25, -0.2) is 4.79 Å². The first kappa shape index (κ1) is 19.9. The maximum absolute atomic E-state index is 12.7. The first-order valence-corrected chi connectivity index (χ1v) is 10.8. The molecule has 32 heavy (non-hydrogen) atoms. The van der Waals surface area contributed by atoms with Gasteiger partial charge in [0.25, 0.3) is 0 Å². The molecule has 5 rings (SSSR count). The van der Waals surface area contributed by atoms with Crippen LogP contribution in [0, 0.1) is 0 Å². The van der Waals surface area contributed by atoms with Gasteiger partial charge in [0.2, 0.25) is 0 Å². The number of urea groups is 1. The van der Waals surface area contributed by atoms with E-state index in [2.05, 4.69) is 68.9 Å². The van der Waals surface area contributed by atoms with Gasteiger partial charge in [0.15, 0.2) is 5.82 Å². The Balaban J connectivity index is 1.19. The molecule has 0 unspecified atom stereocenters. The van der Waals surface area contributed by atoms with Gasteiger partial charge in [-0.05, 0) is 28.8 Å². The summed E-state index contributed by atoms with van der Waals surface area (Å²) in [6, 6.07) is 30.6. The van der Waals surface area contributed by atoms with Gasteiger partial charge in [-0.2, -0.15) is 5.10 Å². The van der Waals surface area contributed by atoms with Crippen LogP contribution in [0.25, 0.3) is 22.4 Å². The fourth-order valence-corrected chi connectivity index (χ4v) is 4.00. The Kier molecular flexibility index (Phi) is 5.58. The molecule has 0 aliphatic carbocycles. The Hall–Kier alpha value is -4.06. The summed E-state index contributed by atoms with van der Waals surface area (Å²) in [5.74, 6) is 0.530. The highest BCUT2D eigenvalue weighted by Gasteiger charge is 2.22. The number of anilines is 2. The predicted octanol–water partition coefficient (Wildman–Crippen LogP) is 5.10. The molecule has 2 N–H and O–H groups in total. The van der Waals surface area contributed by atoms with Gasteiger partial charge < -0.3 is 9.80 Å². The van der Waals surface area contributed by atoms with Crippen molar-refractivity contribution < 1.29 is 4.79 Å². The minimum absolute atomic E-state index is 0.116. The standard InChI is InChI=1S/C26H25N5O/c32-26(31-17-15-30(16-18-31)23-9-5-2-6-10-23)27-25-19-24(28-29-25)22-13-11-21(12-14-22)20-7-3-1-4-8-20/h1-14,19H,15-18H2,(H2,27,28,29,32). The third kappa shape index (κ3) is 4.34. The van der Waals surface area contributed by atoms with Gasteiger partial charge in [-0.1, -0.05) is 72.8 Å². The number of carbonyl (C=O) groups is 1. The second-order valence-corrected chi connectivity index (χ2v) is 7.85. The predicted molar refractivity (Wildman–Crippen MR) is 129 cm³/mol. The molecule has 1 aliphatic heterocycles.